The molecule has 0 fully saturated rings. The maximum atomic E-state index is 13.8. The fourth-order valence-corrected chi connectivity index (χ4v) is 3.43. The number of halogens is 2. The molecule has 0 aliphatic rings. The molecule has 23 heavy (non-hydrogen) atoms. The van der Waals surface area contributed by atoms with E-state index in [-0.39, 0.29) is 5.56 Å². The lowest BCUT2D eigenvalue weighted by molar-refractivity contribution is -0.117. The normalized spacial score (nSPS) is 13.1. The smallest absolute Gasteiger partial charge is 0.235 e. The summed E-state index contributed by atoms with van der Waals surface area (Å²) in [5, 5.41) is 7.43. The Morgan fingerprint density at radius 3 is 2.22 bits per heavy atom. The van der Waals surface area contributed by atoms with Crippen molar-refractivity contribution < 1.29 is 13.6 Å². The topological polar surface area (TPSA) is 66.9 Å². The zero-order valence-electron chi connectivity index (χ0n) is 12.3. The SMILES string of the molecule is C[C@H](S[C@@H](C(N)=O)c1ccc(C#N)cc1)c1c(F)cccc1F. The first-order valence-corrected chi connectivity index (χ1v) is 7.77. The monoisotopic (exact) mass is 332 g/mol. The second-order valence-corrected chi connectivity index (χ2v) is 6.38. The highest BCUT2D eigenvalue weighted by Crippen LogP contribution is 2.41. The fraction of sp³-hybridized carbons (Fsp3) is 0.176. The van der Waals surface area contributed by atoms with E-state index in [1.807, 2.05) is 6.07 Å². The average Bonchev–Trinajstić information content (AvgIpc) is 2.52. The molecule has 0 saturated carbocycles. The molecule has 0 aliphatic heterocycles. The fourth-order valence-electron chi connectivity index (χ4n) is 2.21. The number of rotatable bonds is 5. The summed E-state index contributed by atoms with van der Waals surface area (Å²) in [7, 11) is 0. The Balaban J connectivity index is 2.29. The van der Waals surface area contributed by atoms with Gasteiger partial charge in [0.2, 0.25) is 5.91 Å². The molecule has 2 rings (SSSR count). The van der Waals surface area contributed by atoms with Crippen LogP contribution < -0.4 is 5.73 Å². The summed E-state index contributed by atoms with van der Waals surface area (Å²) in [6.07, 6.45) is 0. The van der Waals surface area contributed by atoms with Gasteiger partial charge in [0.1, 0.15) is 16.9 Å². The minimum Gasteiger partial charge on any atom is -0.368 e. The minimum atomic E-state index is -0.767. The molecule has 2 aromatic rings. The molecule has 0 spiro atoms. The van der Waals surface area contributed by atoms with Crippen molar-refractivity contribution in [3.05, 3.63) is 70.8 Å². The molecular weight excluding hydrogens is 318 g/mol. The van der Waals surface area contributed by atoms with Gasteiger partial charge in [0, 0.05) is 10.8 Å². The van der Waals surface area contributed by atoms with E-state index < -0.39 is 28.0 Å². The van der Waals surface area contributed by atoms with Gasteiger partial charge >= 0.3 is 0 Å². The Bertz CT molecular complexity index is 736. The summed E-state index contributed by atoms with van der Waals surface area (Å²) < 4.78 is 27.7. The second kappa shape index (κ2) is 7.25. The molecule has 118 valence electrons. The van der Waals surface area contributed by atoms with Crippen LogP contribution in [0.4, 0.5) is 8.78 Å². The first-order chi connectivity index (χ1) is 10.9. The summed E-state index contributed by atoms with van der Waals surface area (Å²) >= 11 is 1.06. The van der Waals surface area contributed by atoms with Gasteiger partial charge in [0.15, 0.2) is 0 Å². The highest BCUT2D eigenvalue weighted by molar-refractivity contribution is 8.00. The van der Waals surface area contributed by atoms with Gasteiger partial charge in [-0.05, 0) is 36.8 Å². The van der Waals surface area contributed by atoms with Gasteiger partial charge in [0.25, 0.3) is 0 Å². The first-order valence-electron chi connectivity index (χ1n) is 6.82. The van der Waals surface area contributed by atoms with Crippen LogP contribution in [-0.2, 0) is 4.79 Å². The van der Waals surface area contributed by atoms with Gasteiger partial charge < -0.3 is 5.73 Å². The standard InChI is InChI=1S/C17H14F2N2OS/c1-10(15-13(18)3-2-4-14(15)19)23-16(17(21)22)12-7-5-11(9-20)6-8-12/h2-8,10,16H,1H3,(H2,21,22)/t10-,16+/m0/s1. The van der Waals surface area contributed by atoms with Crippen LogP contribution in [0.15, 0.2) is 42.5 Å². The lowest BCUT2D eigenvalue weighted by Crippen LogP contribution is -2.20. The maximum absolute atomic E-state index is 13.8. The molecule has 1 amide bonds. The van der Waals surface area contributed by atoms with Crippen molar-refractivity contribution in [3.8, 4) is 6.07 Å². The van der Waals surface area contributed by atoms with Crippen LogP contribution in [0.2, 0.25) is 0 Å². The number of nitrogens with two attached hydrogens (primary N) is 1. The molecule has 0 saturated heterocycles. The Hall–Kier alpha value is -2.39. The summed E-state index contributed by atoms with van der Waals surface area (Å²) in [6.45, 7) is 1.62. The van der Waals surface area contributed by atoms with Crippen molar-refractivity contribution in [1.29, 1.82) is 5.26 Å². The van der Waals surface area contributed by atoms with Gasteiger partial charge in [-0.3, -0.25) is 4.79 Å². The summed E-state index contributed by atoms with van der Waals surface area (Å²) in [5.41, 5.74) is 6.39. The Kier molecular flexibility index (Phi) is 5.35. The lowest BCUT2D eigenvalue weighted by Gasteiger charge is -2.20. The molecule has 0 aliphatic carbocycles. The Morgan fingerprint density at radius 1 is 1.17 bits per heavy atom. The number of hydrogen-bond acceptors (Lipinski definition) is 3. The number of primary amides is 1. The van der Waals surface area contributed by atoms with Crippen molar-refractivity contribution in [1.82, 2.24) is 0 Å². The minimum absolute atomic E-state index is 0.0857. The number of benzene rings is 2. The van der Waals surface area contributed by atoms with E-state index in [4.69, 9.17) is 11.0 Å². The van der Waals surface area contributed by atoms with Gasteiger partial charge in [-0.15, -0.1) is 11.8 Å². The van der Waals surface area contributed by atoms with Crippen LogP contribution in [0, 0.1) is 23.0 Å². The maximum Gasteiger partial charge on any atom is 0.235 e. The largest absolute Gasteiger partial charge is 0.368 e. The lowest BCUT2D eigenvalue weighted by atomic mass is 10.1. The van der Waals surface area contributed by atoms with Crippen molar-refractivity contribution in [2.24, 2.45) is 5.73 Å². The van der Waals surface area contributed by atoms with E-state index in [2.05, 4.69) is 0 Å². The Labute approximate surface area is 137 Å². The summed E-state index contributed by atoms with van der Waals surface area (Å²) in [4.78, 5) is 11.7. The average molecular weight is 332 g/mol. The third-order valence-corrected chi connectivity index (χ3v) is 4.77. The summed E-state index contributed by atoms with van der Waals surface area (Å²) in [5.74, 6) is -1.93. The van der Waals surface area contributed by atoms with Crippen LogP contribution in [0.25, 0.3) is 0 Å². The zero-order valence-corrected chi connectivity index (χ0v) is 13.1. The van der Waals surface area contributed by atoms with Crippen LogP contribution in [0.5, 0.6) is 0 Å². The molecule has 0 bridgehead atoms. The van der Waals surface area contributed by atoms with E-state index in [0.717, 1.165) is 11.8 Å². The van der Waals surface area contributed by atoms with Gasteiger partial charge in [0.05, 0.1) is 11.6 Å². The van der Waals surface area contributed by atoms with Crippen molar-refractivity contribution in [3.63, 3.8) is 0 Å². The molecular formula is C17H14F2N2OS. The van der Waals surface area contributed by atoms with Gasteiger partial charge in [-0.1, -0.05) is 18.2 Å². The third kappa shape index (κ3) is 3.88. The van der Waals surface area contributed by atoms with Gasteiger partial charge in [-0.25, -0.2) is 8.78 Å². The third-order valence-electron chi connectivity index (χ3n) is 3.35. The molecule has 2 aromatic carbocycles. The van der Waals surface area contributed by atoms with Crippen molar-refractivity contribution in [2.45, 2.75) is 17.4 Å². The molecule has 0 unspecified atom stereocenters. The van der Waals surface area contributed by atoms with E-state index >= 15 is 0 Å². The number of nitrogens with zero attached hydrogens (tertiary/aromatic N) is 1. The van der Waals surface area contributed by atoms with Crippen LogP contribution in [0.1, 0.15) is 34.1 Å². The van der Waals surface area contributed by atoms with E-state index in [9.17, 15) is 13.6 Å². The molecule has 0 aromatic heterocycles. The second-order valence-electron chi connectivity index (χ2n) is 4.93. The molecule has 0 radical (unpaired) electrons. The molecule has 2 atom stereocenters. The number of nitriles is 1. The summed E-state index contributed by atoms with van der Waals surface area (Å²) in [6, 6.07) is 12.0. The van der Waals surface area contributed by atoms with Crippen LogP contribution >= 0.6 is 11.8 Å². The number of amides is 1. The number of carbonyl (C=O) groups excluding carboxylic acids is 1. The number of thioether (sulfide) groups is 1. The van der Waals surface area contributed by atoms with E-state index in [1.54, 1.807) is 31.2 Å². The predicted molar refractivity (Wildman–Crippen MR) is 85.5 cm³/mol. The quantitative estimate of drug-likeness (QED) is 0.904. The van der Waals surface area contributed by atoms with Crippen LogP contribution in [-0.4, -0.2) is 5.91 Å². The van der Waals surface area contributed by atoms with Crippen LogP contribution in [0.3, 0.4) is 0 Å². The zero-order chi connectivity index (χ0) is 17.0. The molecule has 0 heterocycles. The molecule has 2 N–H and O–H groups in total. The molecule has 6 heteroatoms. The van der Waals surface area contributed by atoms with Gasteiger partial charge in [-0.2, -0.15) is 5.26 Å². The number of carbonyl (C=O) groups is 1. The highest BCUT2D eigenvalue weighted by atomic mass is 32.2. The van der Waals surface area contributed by atoms with E-state index in [1.165, 1.54) is 18.2 Å². The Morgan fingerprint density at radius 2 is 1.74 bits per heavy atom. The van der Waals surface area contributed by atoms with E-state index in [0.29, 0.717) is 11.1 Å². The van der Waals surface area contributed by atoms with Crippen molar-refractivity contribution in [2.75, 3.05) is 0 Å². The first kappa shape index (κ1) is 17.0. The highest BCUT2D eigenvalue weighted by Gasteiger charge is 2.25. The number of hydrogen-bond donors (Lipinski definition) is 1. The van der Waals surface area contributed by atoms with Crippen molar-refractivity contribution >= 4 is 17.7 Å². The molecule has 3 nitrogen and oxygen atoms in total. The predicted octanol–water partition coefficient (Wildman–Crippen LogP) is 3.86.